The Hall–Kier alpha value is -0.610. The van der Waals surface area contributed by atoms with Gasteiger partial charge in [0.25, 0.3) is 0 Å². The van der Waals surface area contributed by atoms with E-state index in [0.717, 1.165) is 0 Å². The van der Waals surface area contributed by atoms with Crippen LogP contribution in [0.15, 0.2) is 0 Å². The summed E-state index contributed by atoms with van der Waals surface area (Å²) in [6.45, 7) is 9.16. The quantitative estimate of drug-likeness (QED) is 0.710. The van der Waals surface area contributed by atoms with Crippen LogP contribution in [0.5, 0.6) is 0 Å². The molecular formula is C11H20O4. The van der Waals surface area contributed by atoms with Crippen molar-refractivity contribution < 1.29 is 19.4 Å². The van der Waals surface area contributed by atoms with E-state index in [9.17, 15) is 9.90 Å². The van der Waals surface area contributed by atoms with Gasteiger partial charge in [0.05, 0.1) is 6.10 Å². The largest absolute Gasteiger partial charge is 0.433 e. The monoisotopic (exact) mass is 216 g/mol. The third-order valence-corrected chi connectivity index (χ3v) is 2.70. The van der Waals surface area contributed by atoms with Crippen LogP contribution in [0.4, 0.5) is 0 Å². The summed E-state index contributed by atoms with van der Waals surface area (Å²) in [4.78, 5) is 11.6. The Kier molecular flexibility index (Phi) is 3.12. The molecule has 0 amide bonds. The highest BCUT2D eigenvalue weighted by atomic mass is 16.8. The number of cyclic esters (lactones) is 1. The number of hydrogen-bond donors (Lipinski definition) is 1. The van der Waals surface area contributed by atoms with Crippen molar-refractivity contribution in [3.8, 4) is 0 Å². The summed E-state index contributed by atoms with van der Waals surface area (Å²) >= 11 is 0. The fourth-order valence-corrected chi connectivity index (χ4v) is 1.47. The predicted molar refractivity (Wildman–Crippen MR) is 55.1 cm³/mol. The molecule has 1 fully saturated rings. The molecule has 1 saturated heterocycles. The molecule has 88 valence electrons. The standard InChI is InChI=1S/C11H20O4/c1-6-7(12)11(5)8(13)14-9(15-11)10(2,3)4/h7,9,12H,6H2,1-5H3. The van der Waals surface area contributed by atoms with E-state index in [4.69, 9.17) is 9.47 Å². The zero-order chi connectivity index (χ0) is 11.9. The highest BCUT2D eigenvalue weighted by Gasteiger charge is 2.53. The summed E-state index contributed by atoms with van der Waals surface area (Å²) in [6.07, 6.45) is -0.948. The highest BCUT2D eigenvalue weighted by Crippen LogP contribution is 2.36. The van der Waals surface area contributed by atoms with Crippen molar-refractivity contribution in [1.29, 1.82) is 0 Å². The number of carbonyl (C=O) groups excluding carboxylic acids is 1. The van der Waals surface area contributed by atoms with Gasteiger partial charge in [0.1, 0.15) is 0 Å². The van der Waals surface area contributed by atoms with Crippen LogP contribution in [-0.4, -0.2) is 29.1 Å². The van der Waals surface area contributed by atoms with E-state index in [-0.39, 0.29) is 5.41 Å². The van der Waals surface area contributed by atoms with Crippen molar-refractivity contribution in [3.05, 3.63) is 0 Å². The second-order valence-electron chi connectivity index (χ2n) is 5.25. The van der Waals surface area contributed by atoms with Gasteiger partial charge in [0.15, 0.2) is 5.60 Å². The molecule has 0 aromatic carbocycles. The van der Waals surface area contributed by atoms with Crippen LogP contribution in [0.25, 0.3) is 0 Å². The van der Waals surface area contributed by atoms with Crippen molar-refractivity contribution in [2.24, 2.45) is 5.41 Å². The van der Waals surface area contributed by atoms with Crippen LogP contribution < -0.4 is 0 Å². The molecule has 4 heteroatoms. The Morgan fingerprint density at radius 1 is 1.53 bits per heavy atom. The maximum atomic E-state index is 11.6. The SMILES string of the molecule is CCC(O)C1(C)OC(C(C)(C)C)OC1=O. The first kappa shape index (κ1) is 12.5. The van der Waals surface area contributed by atoms with Crippen LogP contribution in [0.3, 0.4) is 0 Å². The molecule has 3 unspecified atom stereocenters. The van der Waals surface area contributed by atoms with Crippen molar-refractivity contribution in [2.45, 2.75) is 59.0 Å². The number of aliphatic hydroxyl groups excluding tert-OH is 1. The lowest BCUT2D eigenvalue weighted by atomic mass is 9.95. The van der Waals surface area contributed by atoms with Crippen LogP contribution >= 0.6 is 0 Å². The molecule has 3 atom stereocenters. The van der Waals surface area contributed by atoms with E-state index in [1.807, 2.05) is 20.8 Å². The van der Waals surface area contributed by atoms with Gasteiger partial charge in [-0.2, -0.15) is 0 Å². The fourth-order valence-electron chi connectivity index (χ4n) is 1.47. The van der Waals surface area contributed by atoms with Crippen LogP contribution in [0, 0.1) is 5.41 Å². The van der Waals surface area contributed by atoms with E-state index in [0.29, 0.717) is 6.42 Å². The molecule has 1 heterocycles. The molecule has 1 aliphatic heterocycles. The Morgan fingerprint density at radius 3 is 2.40 bits per heavy atom. The Labute approximate surface area is 90.6 Å². The highest BCUT2D eigenvalue weighted by molar-refractivity contribution is 5.81. The zero-order valence-corrected chi connectivity index (χ0v) is 10.0. The van der Waals surface area contributed by atoms with E-state index in [1.165, 1.54) is 0 Å². The van der Waals surface area contributed by atoms with Crippen molar-refractivity contribution in [2.75, 3.05) is 0 Å². The topological polar surface area (TPSA) is 55.8 Å². The number of carbonyl (C=O) groups is 1. The minimum Gasteiger partial charge on any atom is -0.433 e. The van der Waals surface area contributed by atoms with E-state index < -0.39 is 24.0 Å². The first-order chi connectivity index (χ1) is 6.71. The average Bonchev–Trinajstić information content (AvgIpc) is 2.42. The van der Waals surface area contributed by atoms with Gasteiger partial charge in [0, 0.05) is 5.41 Å². The van der Waals surface area contributed by atoms with Crippen LogP contribution in [0.2, 0.25) is 0 Å². The molecule has 1 N–H and O–H groups in total. The van der Waals surface area contributed by atoms with E-state index in [1.54, 1.807) is 13.8 Å². The van der Waals surface area contributed by atoms with Crippen molar-refractivity contribution in [3.63, 3.8) is 0 Å². The summed E-state index contributed by atoms with van der Waals surface area (Å²) in [6, 6.07) is 0. The number of esters is 1. The molecule has 1 rings (SSSR count). The van der Waals surface area contributed by atoms with Crippen molar-refractivity contribution >= 4 is 5.97 Å². The lowest BCUT2D eigenvalue weighted by Crippen LogP contribution is -2.45. The van der Waals surface area contributed by atoms with Gasteiger partial charge in [-0.1, -0.05) is 27.7 Å². The Morgan fingerprint density at radius 2 is 2.07 bits per heavy atom. The summed E-state index contributed by atoms with van der Waals surface area (Å²) in [5, 5.41) is 9.75. The van der Waals surface area contributed by atoms with Gasteiger partial charge in [-0.3, -0.25) is 0 Å². The van der Waals surface area contributed by atoms with Gasteiger partial charge < -0.3 is 14.6 Å². The Bertz CT molecular complexity index is 256. The maximum absolute atomic E-state index is 11.6. The molecule has 0 spiro atoms. The number of ether oxygens (including phenoxy) is 2. The summed E-state index contributed by atoms with van der Waals surface area (Å²) in [5.74, 6) is -0.475. The molecule has 0 aromatic heterocycles. The first-order valence-electron chi connectivity index (χ1n) is 5.28. The molecule has 0 aliphatic carbocycles. The number of aliphatic hydroxyl groups is 1. The predicted octanol–water partition coefficient (Wildman–Crippen LogP) is 1.46. The molecular weight excluding hydrogens is 196 g/mol. The second-order valence-corrected chi connectivity index (χ2v) is 5.25. The van der Waals surface area contributed by atoms with Gasteiger partial charge in [-0.05, 0) is 13.3 Å². The minimum atomic E-state index is -1.22. The number of hydrogen-bond acceptors (Lipinski definition) is 4. The normalized spacial score (nSPS) is 34.0. The van der Waals surface area contributed by atoms with E-state index >= 15 is 0 Å². The molecule has 1 aliphatic rings. The molecule has 4 nitrogen and oxygen atoms in total. The fraction of sp³-hybridized carbons (Fsp3) is 0.909. The summed E-state index contributed by atoms with van der Waals surface area (Å²) < 4.78 is 10.7. The molecule has 15 heavy (non-hydrogen) atoms. The second kappa shape index (κ2) is 3.76. The van der Waals surface area contributed by atoms with Gasteiger partial charge in [-0.15, -0.1) is 0 Å². The van der Waals surface area contributed by atoms with E-state index in [2.05, 4.69) is 0 Å². The van der Waals surface area contributed by atoms with Gasteiger partial charge in [0.2, 0.25) is 6.29 Å². The smallest absolute Gasteiger partial charge is 0.343 e. The summed E-state index contributed by atoms with van der Waals surface area (Å²) in [7, 11) is 0. The maximum Gasteiger partial charge on any atom is 0.343 e. The Balaban J connectivity index is 2.85. The van der Waals surface area contributed by atoms with Crippen LogP contribution in [-0.2, 0) is 14.3 Å². The minimum absolute atomic E-state index is 0.277. The lowest BCUT2D eigenvalue weighted by molar-refractivity contribution is -0.165. The van der Waals surface area contributed by atoms with Crippen LogP contribution in [0.1, 0.15) is 41.0 Å². The third-order valence-electron chi connectivity index (χ3n) is 2.70. The molecule has 0 radical (unpaired) electrons. The molecule has 0 aromatic rings. The van der Waals surface area contributed by atoms with Gasteiger partial charge >= 0.3 is 5.97 Å². The molecule has 0 saturated carbocycles. The number of rotatable bonds is 2. The van der Waals surface area contributed by atoms with Gasteiger partial charge in [-0.25, -0.2) is 4.79 Å². The summed E-state index contributed by atoms with van der Waals surface area (Å²) in [5.41, 5.74) is -1.49. The zero-order valence-electron chi connectivity index (χ0n) is 10.0. The lowest BCUT2D eigenvalue weighted by Gasteiger charge is -2.28. The van der Waals surface area contributed by atoms with Crippen molar-refractivity contribution in [1.82, 2.24) is 0 Å². The third kappa shape index (κ3) is 2.16. The first-order valence-corrected chi connectivity index (χ1v) is 5.28. The average molecular weight is 216 g/mol. The molecule has 0 bridgehead atoms.